The van der Waals surface area contributed by atoms with Gasteiger partial charge in [-0.3, -0.25) is 0 Å². The summed E-state index contributed by atoms with van der Waals surface area (Å²) < 4.78 is 16.0. The number of rotatable bonds is 1. The summed E-state index contributed by atoms with van der Waals surface area (Å²) in [4.78, 5) is 0. The summed E-state index contributed by atoms with van der Waals surface area (Å²) in [5.74, 6) is 2.42. The van der Waals surface area contributed by atoms with E-state index in [1.165, 1.54) is 0 Å². The van der Waals surface area contributed by atoms with E-state index in [1.807, 2.05) is 19.1 Å². The lowest BCUT2D eigenvalue weighted by Crippen LogP contribution is -2.15. The molecule has 3 nitrogen and oxygen atoms in total. The highest BCUT2D eigenvalue weighted by Crippen LogP contribution is 2.35. The molecule has 0 saturated carbocycles. The van der Waals surface area contributed by atoms with Crippen LogP contribution in [0, 0.1) is 6.92 Å². The molecular weight excluding hydrogens is 168 g/mol. The third kappa shape index (κ3) is 1.41. The molecule has 13 heavy (non-hydrogen) atoms. The van der Waals surface area contributed by atoms with E-state index in [-0.39, 0.29) is 0 Å². The summed E-state index contributed by atoms with van der Waals surface area (Å²) in [5, 5.41) is 0. The van der Waals surface area contributed by atoms with Crippen LogP contribution in [0.5, 0.6) is 17.2 Å². The third-order valence-corrected chi connectivity index (χ3v) is 2.06. The molecule has 0 N–H and O–H groups in total. The average molecular weight is 180 g/mol. The fourth-order valence-electron chi connectivity index (χ4n) is 1.39. The summed E-state index contributed by atoms with van der Waals surface area (Å²) in [6.07, 6.45) is 0. The Bertz CT molecular complexity index is 320. The number of benzene rings is 1. The number of fused-ring (bicyclic) bond motifs is 1. The van der Waals surface area contributed by atoms with Gasteiger partial charge in [0.05, 0.1) is 7.11 Å². The van der Waals surface area contributed by atoms with Crippen LogP contribution < -0.4 is 14.2 Å². The van der Waals surface area contributed by atoms with Crippen LogP contribution in [0.1, 0.15) is 5.56 Å². The van der Waals surface area contributed by atoms with E-state index in [2.05, 4.69) is 0 Å². The average Bonchev–Trinajstić information content (AvgIpc) is 2.17. The van der Waals surface area contributed by atoms with Crippen molar-refractivity contribution in [2.45, 2.75) is 6.92 Å². The highest BCUT2D eigenvalue weighted by molar-refractivity contribution is 5.50. The van der Waals surface area contributed by atoms with Gasteiger partial charge in [-0.2, -0.15) is 0 Å². The minimum absolute atomic E-state index is 0.610. The molecule has 0 atom stereocenters. The van der Waals surface area contributed by atoms with Gasteiger partial charge in [0.1, 0.15) is 19.0 Å². The monoisotopic (exact) mass is 180 g/mol. The maximum absolute atomic E-state index is 5.42. The molecule has 1 aromatic carbocycles. The Labute approximate surface area is 77.2 Å². The molecule has 1 aromatic rings. The largest absolute Gasteiger partial charge is 0.496 e. The standard InChI is InChI=1S/C10H12O3/c1-7-5-9-10(6-8(7)11-2)13-4-3-12-9/h5-6H,3-4H2,1-2H3. The molecule has 3 heteroatoms. The molecule has 1 aliphatic rings. The summed E-state index contributed by atoms with van der Waals surface area (Å²) in [5.41, 5.74) is 1.06. The molecule has 0 aromatic heterocycles. The maximum atomic E-state index is 5.42. The first-order valence-corrected chi connectivity index (χ1v) is 4.25. The van der Waals surface area contributed by atoms with Gasteiger partial charge in [-0.05, 0) is 18.6 Å². The predicted octanol–water partition coefficient (Wildman–Crippen LogP) is 1.77. The normalized spacial score (nSPS) is 14.0. The first-order valence-electron chi connectivity index (χ1n) is 4.25. The zero-order valence-corrected chi connectivity index (χ0v) is 7.79. The minimum atomic E-state index is 0.610. The van der Waals surface area contributed by atoms with Gasteiger partial charge in [-0.1, -0.05) is 0 Å². The van der Waals surface area contributed by atoms with Crippen LogP contribution in [0.2, 0.25) is 0 Å². The number of methoxy groups -OCH3 is 1. The second-order valence-electron chi connectivity index (χ2n) is 2.97. The van der Waals surface area contributed by atoms with E-state index in [9.17, 15) is 0 Å². The minimum Gasteiger partial charge on any atom is -0.496 e. The van der Waals surface area contributed by atoms with Gasteiger partial charge in [-0.15, -0.1) is 0 Å². The maximum Gasteiger partial charge on any atom is 0.165 e. The molecule has 0 unspecified atom stereocenters. The van der Waals surface area contributed by atoms with Crippen LogP contribution in [-0.4, -0.2) is 20.3 Å². The molecule has 70 valence electrons. The number of hydrogen-bond donors (Lipinski definition) is 0. The van der Waals surface area contributed by atoms with E-state index in [4.69, 9.17) is 14.2 Å². The summed E-state index contributed by atoms with van der Waals surface area (Å²) in [7, 11) is 1.65. The van der Waals surface area contributed by atoms with Gasteiger partial charge in [0.2, 0.25) is 0 Å². The fraction of sp³-hybridized carbons (Fsp3) is 0.400. The first kappa shape index (κ1) is 8.23. The third-order valence-electron chi connectivity index (χ3n) is 2.06. The highest BCUT2D eigenvalue weighted by Gasteiger charge is 2.13. The molecule has 1 aliphatic heterocycles. The lowest BCUT2D eigenvalue weighted by Gasteiger charge is -2.19. The van der Waals surface area contributed by atoms with Crippen molar-refractivity contribution in [2.24, 2.45) is 0 Å². The second-order valence-corrected chi connectivity index (χ2v) is 2.97. The van der Waals surface area contributed by atoms with Crippen molar-refractivity contribution in [3.63, 3.8) is 0 Å². The van der Waals surface area contributed by atoms with Crippen molar-refractivity contribution in [3.8, 4) is 17.2 Å². The van der Waals surface area contributed by atoms with Crippen LogP contribution in [0.15, 0.2) is 12.1 Å². The Morgan fingerprint density at radius 3 is 2.38 bits per heavy atom. The molecule has 0 spiro atoms. The Morgan fingerprint density at radius 2 is 1.77 bits per heavy atom. The van der Waals surface area contributed by atoms with Gasteiger partial charge in [-0.25, -0.2) is 0 Å². The van der Waals surface area contributed by atoms with Gasteiger partial charge in [0.15, 0.2) is 11.5 Å². The summed E-state index contributed by atoms with van der Waals surface area (Å²) >= 11 is 0. The van der Waals surface area contributed by atoms with Gasteiger partial charge in [0, 0.05) is 6.07 Å². The Morgan fingerprint density at radius 1 is 1.15 bits per heavy atom. The molecule has 0 aliphatic carbocycles. The zero-order valence-electron chi connectivity index (χ0n) is 7.79. The van der Waals surface area contributed by atoms with E-state index in [0.29, 0.717) is 13.2 Å². The van der Waals surface area contributed by atoms with Crippen molar-refractivity contribution in [1.82, 2.24) is 0 Å². The summed E-state index contributed by atoms with van der Waals surface area (Å²) in [6.45, 7) is 3.22. The van der Waals surface area contributed by atoms with Crippen molar-refractivity contribution in [3.05, 3.63) is 17.7 Å². The first-order chi connectivity index (χ1) is 6.31. The second kappa shape index (κ2) is 3.17. The van der Waals surface area contributed by atoms with Crippen LogP contribution in [0.25, 0.3) is 0 Å². The SMILES string of the molecule is COc1cc2c(cc1C)OCCO2. The highest BCUT2D eigenvalue weighted by atomic mass is 16.6. The molecule has 0 radical (unpaired) electrons. The van der Waals surface area contributed by atoms with E-state index >= 15 is 0 Å². The molecule has 0 bridgehead atoms. The molecular formula is C10H12O3. The summed E-state index contributed by atoms with van der Waals surface area (Å²) in [6, 6.07) is 3.80. The quantitative estimate of drug-likeness (QED) is 0.659. The predicted molar refractivity (Wildman–Crippen MR) is 48.7 cm³/mol. The van der Waals surface area contributed by atoms with Gasteiger partial charge < -0.3 is 14.2 Å². The van der Waals surface area contributed by atoms with Gasteiger partial charge in [0.25, 0.3) is 0 Å². The number of hydrogen-bond acceptors (Lipinski definition) is 3. The molecule has 1 heterocycles. The van der Waals surface area contributed by atoms with E-state index < -0.39 is 0 Å². The fourth-order valence-corrected chi connectivity index (χ4v) is 1.39. The Kier molecular flexibility index (Phi) is 2.00. The van der Waals surface area contributed by atoms with Gasteiger partial charge >= 0.3 is 0 Å². The lowest BCUT2D eigenvalue weighted by atomic mass is 10.2. The molecule has 0 saturated heterocycles. The van der Waals surface area contributed by atoms with Crippen molar-refractivity contribution in [1.29, 1.82) is 0 Å². The van der Waals surface area contributed by atoms with Crippen LogP contribution in [-0.2, 0) is 0 Å². The van der Waals surface area contributed by atoms with Crippen LogP contribution in [0.4, 0.5) is 0 Å². The molecule has 0 fully saturated rings. The van der Waals surface area contributed by atoms with Crippen LogP contribution >= 0.6 is 0 Å². The Hall–Kier alpha value is -1.38. The van der Waals surface area contributed by atoms with E-state index in [1.54, 1.807) is 7.11 Å². The smallest absolute Gasteiger partial charge is 0.165 e. The number of ether oxygens (including phenoxy) is 3. The van der Waals surface area contributed by atoms with Crippen LogP contribution in [0.3, 0.4) is 0 Å². The molecule has 0 amide bonds. The Balaban J connectivity index is 2.44. The van der Waals surface area contributed by atoms with Crippen molar-refractivity contribution in [2.75, 3.05) is 20.3 Å². The molecule has 2 rings (SSSR count). The number of aryl methyl sites for hydroxylation is 1. The zero-order chi connectivity index (χ0) is 9.26. The lowest BCUT2D eigenvalue weighted by molar-refractivity contribution is 0.170. The topological polar surface area (TPSA) is 27.7 Å². The van der Waals surface area contributed by atoms with Crippen molar-refractivity contribution < 1.29 is 14.2 Å². The van der Waals surface area contributed by atoms with E-state index in [0.717, 1.165) is 22.8 Å². The van der Waals surface area contributed by atoms with Crippen molar-refractivity contribution >= 4 is 0 Å².